The van der Waals surface area contributed by atoms with Crippen LogP contribution in [0.2, 0.25) is 0 Å². The summed E-state index contributed by atoms with van der Waals surface area (Å²) in [6.45, 7) is 4.32. The van der Waals surface area contributed by atoms with Crippen LogP contribution < -0.4 is 9.80 Å². The highest BCUT2D eigenvalue weighted by Crippen LogP contribution is 2.42. The molecule has 0 spiro atoms. The van der Waals surface area contributed by atoms with Gasteiger partial charge < -0.3 is 19.8 Å². The molecule has 38 heavy (non-hydrogen) atoms. The lowest BCUT2D eigenvalue weighted by Crippen LogP contribution is -2.55. The lowest BCUT2D eigenvalue weighted by Gasteiger charge is -2.45. The zero-order valence-electron chi connectivity index (χ0n) is 20.6. The van der Waals surface area contributed by atoms with Crippen LogP contribution in [0, 0.1) is 12.7 Å². The molecule has 6 nitrogen and oxygen atoms in total. The van der Waals surface area contributed by atoms with Gasteiger partial charge in [0.05, 0.1) is 23.7 Å². The lowest BCUT2D eigenvalue weighted by molar-refractivity contribution is -0.138. The van der Waals surface area contributed by atoms with E-state index in [1.54, 1.807) is 0 Å². The number of carboxylic acids is 1. The second-order valence-corrected chi connectivity index (χ2v) is 9.46. The van der Waals surface area contributed by atoms with Crippen molar-refractivity contribution >= 4 is 29.0 Å². The van der Waals surface area contributed by atoms with E-state index >= 15 is 0 Å². The summed E-state index contributed by atoms with van der Waals surface area (Å²) in [6, 6.07) is 15.8. The first-order valence-corrected chi connectivity index (χ1v) is 12.2. The van der Waals surface area contributed by atoms with Crippen molar-refractivity contribution in [2.24, 2.45) is 4.99 Å². The molecule has 5 rings (SSSR count). The first-order chi connectivity index (χ1) is 18.1. The van der Waals surface area contributed by atoms with E-state index in [9.17, 15) is 27.5 Å². The van der Waals surface area contributed by atoms with Crippen molar-refractivity contribution in [1.82, 2.24) is 4.90 Å². The number of anilines is 2. The number of alkyl halides is 3. The minimum Gasteiger partial charge on any atom is -0.481 e. The number of hydrogen-bond acceptors (Lipinski definition) is 5. The summed E-state index contributed by atoms with van der Waals surface area (Å²) in [5.41, 5.74) is 2.20. The number of carbonyl (C=O) groups is 1. The number of aryl methyl sites for hydroxylation is 1. The minimum absolute atomic E-state index is 0.140. The van der Waals surface area contributed by atoms with Gasteiger partial charge in [-0.25, -0.2) is 9.38 Å². The standard InChI is InChI=1S/C28H26F4N4O2/c1-18-4-2-6-21(14-18)34-10-12-35(13-11-34)27-33-24-9-8-20(29)16-23(24)25(17-26(37)38)36(27)22-7-3-5-19(15-22)28(30,31)32/h2-9,14-16,25H,10-13,17H2,1H3,(H,37,38). The fraction of sp³-hybridized carbons (Fsp3) is 0.286. The fourth-order valence-electron chi connectivity index (χ4n) is 5.04. The van der Waals surface area contributed by atoms with Crippen LogP contribution in [0.4, 0.5) is 34.6 Å². The van der Waals surface area contributed by atoms with Crippen molar-refractivity contribution in [1.29, 1.82) is 0 Å². The predicted octanol–water partition coefficient (Wildman–Crippen LogP) is 6.00. The van der Waals surface area contributed by atoms with Crippen molar-refractivity contribution < 1.29 is 27.5 Å². The number of rotatable bonds is 4. The van der Waals surface area contributed by atoms with Crippen molar-refractivity contribution in [2.45, 2.75) is 25.6 Å². The van der Waals surface area contributed by atoms with Gasteiger partial charge in [-0.05, 0) is 61.0 Å². The molecule has 10 heteroatoms. The number of benzene rings is 3. The molecule has 2 heterocycles. The normalized spacial score (nSPS) is 17.8. The van der Waals surface area contributed by atoms with Crippen molar-refractivity contribution in [3.8, 4) is 0 Å². The van der Waals surface area contributed by atoms with Gasteiger partial charge in [-0.15, -0.1) is 0 Å². The summed E-state index contributed by atoms with van der Waals surface area (Å²) in [6.07, 6.45) is -5.04. The molecule has 1 fully saturated rings. The van der Waals surface area contributed by atoms with E-state index in [2.05, 4.69) is 11.0 Å². The molecule has 0 aromatic heterocycles. The van der Waals surface area contributed by atoms with Gasteiger partial charge in [0.2, 0.25) is 5.96 Å². The molecule has 0 amide bonds. The van der Waals surface area contributed by atoms with Crippen LogP contribution in [0.3, 0.4) is 0 Å². The second-order valence-electron chi connectivity index (χ2n) is 9.46. The van der Waals surface area contributed by atoms with E-state index in [1.165, 1.54) is 35.2 Å². The quantitative estimate of drug-likeness (QED) is 0.423. The molecule has 1 saturated heterocycles. The molecule has 2 aliphatic rings. The van der Waals surface area contributed by atoms with E-state index < -0.39 is 36.0 Å². The van der Waals surface area contributed by atoms with Crippen LogP contribution in [0.15, 0.2) is 71.7 Å². The van der Waals surface area contributed by atoms with Crippen LogP contribution >= 0.6 is 0 Å². The molecule has 0 aliphatic carbocycles. The topological polar surface area (TPSA) is 59.4 Å². The van der Waals surface area contributed by atoms with Crippen molar-refractivity contribution in [3.05, 3.63) is 89.2 Å². The largest absolute Gasteiger partial charge is 0.481 e. The van der Waals surface area contributed by atoms with Crippen molar-refractivity contribution in [3.63, 3.8) is 0 Å². The number of piperazine rings is 1. The molecule has 0 bridgehead atoms. The third kappa shape index (κ3) is 5.16. The molecule has 3 aromatic rings. The van der Waals surface area contributed by atoms with E-state index in [0.717, 1.165) is 23.4 Å². The third-order valence-electron chi connectivity index (χ3n) is 6.85. The first-order valence-electron chi connectivity index (χ1n) is 12.2. The van der Waals surface area contributed by atoms with Gasteiger partial charge >= 0.3 is 12.1 Å². The molecule has 1 unspecified atom stereocenters. The summed E-state index contributed by atoms with van der Waals surface area (Å²) in [4.78, 5) is 22.3. The predicted molar refractivity (Wildman–Crippen MR) is 137 cm³/mol. The second kappa shape index (κ2) is 10.00. The van der Waals surface area contributed by atoms with Crippen LogP contribution in [0.5, 0.6) is 0 Å². The van der Waals surface area contributed by atoms with E-state index in [1.807, 2.05) is 30.0 Å². The first kappa shape index (κ1) is 25.6. The Labute approximate surface area is 217 Å². The average Bonchev–Trinajstić information content (AvgIpc) is 2.88. The summed E-state index contributed by atoms with van der Waals surface area (Å²) in [5.74, 6) is -1.39. The van der Waals surface area contributed by atoms with E-state index in [0.29, 0.717) is 43.4 Å². The Morgan fingerprint density at radius 3 is 2.32 bits per heavy atom. The molecule has 0 radical (unpaired) electrons. The van der Waals surface area contributed by atoms with Crippen LogP contribution in [0.1, 0.15) is 29.2 Å². The Bertz CT molecular complexity index is 1380. The third-order valence-corrected chi connectivity index (χ3v) is 6.85. The molecule has 3 aromatic carbocycles. The highest BCUT2D eigenvalue weighted by molar-refractivity contribution is 6.01. The zero-order chi connectivity index (χ0) is 27.0. The summed E-state index contributed by atoms with van der Waals surface area (Å²) in [5, 5.41) is 9.73. The number of halogens is 4. The minimum atomic E-state index is -4.59. The summed E-state index contributed by atoms with van der Waals surface area (Å²) >= 11 is 0. The Hall–Kier alpha value is -4.08. The van der Waals surface area contributed by atoms with Gasteiger partial charge in [-0.3, -0.25) is 4.79 Å². The number of nitrogens with zero attached hydrogens (tertiary/aromatic N) is 4. The Balaban J connectivity index is 1.56. The van der Waals surface area contributed by atoms with Gasteiger partial charge in [-0.2, -0.15) is 13.2 Å². The number of fused-ring (bicyclic) bond motifs is 1. The van der Waals surface area contributed by atoms with Gasteiger partial charge in [0.1, 0.15) is 5.82 Å². The molecule has 198 valence electrons. The highest BCUT2D eigenvalue weighted by atomic mass is 19.4. The molecule has 0 saturated carbocycles. The van der Waals surface area contributed by atoms with Gasteiger partial charge in [0, 0.05) is 43.1 Å². The van der Waals surface area contributed by atoms with Gasteiger partial charge in [0.15, 0.2) is 0 Å². The van der Waals surface area contributed by atoms with Crippen molar-refractivity contribution in [2.75, 3.05) is 36.0 Å². The van der Waals surface area contributed by atoms with E-state index in [4.69, 9.17) is 4.99 Å². The fourth-order valence-corrected chi connectivity index (χ4v) is 5.04. The summed E-state index contributed by atoms with van der Waals surface area (Å²) in [7, 11) is 0. The number of aliphatic carboxylic acids is 1. The molecule has 2 aliphatic heterocycles. The Morgan fingerprint density at radius 2 is 1.63 bits per heavy atom. The van der Waals surface area contributed by atoms with Crippen LogP contribution in [-0.2, 0) is 11.0 Å². The summed E-state index contributed by atoms with van der Waals surface area (Å²) < 4.78 is 55.1. The van der Waals surface area contributed by atoms with E-state index in [-0.39, 0.29) is 5.69 Å². The number of hydrogen-bond donors (Lipinski definition) is 1. The van der Waals surface area contributed by atoms with Gasteiger partial charge in [-0.1, -0.05) is 18.2 Å². The molecule has 1 N–H and O–H groups in total. The average molecular weight is 527 g/mol. The lowest BCUT2D eigenvalue weighted by atomic mass is 9.97. The maximum absolute atomic E-state index is 14.3. The monoisotopic (exact) mass is 526 g/mol. The van der Waals surface area contributed by atoms with Gasteiger partial charge in [0.25, 0.3) is 0 Å². The highest BCUT2D eigenvalue weighted by Gasteiger charge is 2.38. The van der Waals surface area contributed by atoms with Crippen LogP contribution in [-0.4, -0.2) is 48.1 Å². The number of aliphatic imine (C=N–C) groups is 1. The Morgan fingerprint density at radius 1 is 0.947 bits per heavy atom. The maximum atomic E-state index is 14.3. The Kier molecular flexibility index (Phi) is 6.73. The molecular formula is C28H26F4N4O2. The van der Waals surface area contributed by atoms with Crippen LogP contribution in [0.25, 0.3) is 0 Å². The zero-order valence-corrected chi connectivity index (χ0v) is 20.6. The number of carboxylic acid groups (broad SMARTS) is 1. The smallest absolute Gasteiger partial charge is 0.416 e. The number of guanidine groups is 1. The molecule has 1 atom stereocenters. The molecular weight excluding hydrogens is 500 g/mol. The maximum Gasteiger partial charge on any atom is 0.416 e. The SMILES string of the molecule is Cc1cccc(N2CCN(C3=Nc4ccc(F)cc4C(CC(=O)O)N3c3cccc(C(F)(F)F)c3)CC2)c1.